The van der Waals surface area contributed by atoms with Crippen molar-refractivity contribution in [2.75, 3.05) is 19.8 Å². The van der Waals surface area contributed by atoms with Gasteiger partial charge in [0.15, 0.2) is 0 Å². The van der Waals surface area contributed by atoms with Gasteiger partial charge in [0, 0.05) is 28.4 Å². The molecule has 22 heavy (non-hydrogen) atoms. The topological polar surface area (TPSA) is 66.8 Å². The van der Waals surface area contributed by atoms with Gasteiger partial charge in [-0.1, -0.05) is 18.2 Å². The zero-order valence-corrected chi connectivity index (χ0v) is 11.9. The van der Waals surface area contributed by atoms with Gasteiger partial charge in [0.1, 0.15) is 12.4 Å². The van der Waals surface area contributed by atoms with Crippen molar-refractivity contribution in [3.63, 3.8) is 0 Å². The molecule has 0 aromatic heterocycles. The molecule has 0 aliphatic carbocycles. The van der Waals surface area contributed by atoms with E-state index in [4.69, 9.17) is 9.84 Å². The van der Waals surface area contributed by atoms with Crippen LogP contribution in [-0.4, -0.2) is 41.6 Å². The van der Waals surface area contributed by atoms with Gasteiger partial charge in [0.25, 0.3) is 11.8 Å². The molecule has 0 saturated carbocycles. The Labute approximate surface area is 127 Å². The summed E-state index contributed by atoms with van der Waals surface area (Å²) in [7, 11) is 0. The van der Waals surface area contributed by atoms with E-state index in [0.29, 0.717) is 27.6 Å². The molecular formula is C17H15NO4. The first-order valence-corrected chi connectivity index (χ1v) is 6.95. The van der Waals surface area contributed by atoms with Gasteiger partial charge in [0.2, 0.25) is 0 Å². The summed E-state index contributed by atoms with van der Waals surface area (Å²) in [4.78, 5) is 26.2. The molecule has 2 aromatic rings. The number of nitrogens with zero attached hydrogens (tertiary/aromatic N) is 1. The number of carbonyl (C=O) groups excluding carboxylic acids is 2. The molecule has 3 rings (SSSR count). The van der Waals surface area contributed by atoms with Crippen LogP contribution in [0.3, 0.4) is 0 Å². The highest BCUT2D eigenvalue weighted by Crippen LogP contribution is 2.35. The second-order valence-electron chi connectivity index (χ2n) is 4.92. The van der Waals surface area contributed by atoms with Crippen LogP contribution in [0.15, 0.2) is 43.0 Å². The van der Waals surface area contributed by atoms with Crippen molar-refractivity contribution < 1.29 is 19.4 Å². The molecule has 0 atom stereocenters. The van der Waals surface area contributed by atoms with Crippen molar-refractivity contribution in [3.8, 4) is 5.75 Å². The number of benzene rings is 2. The summed E-state index contributed by atoms with van der Waals surface area (Å²) in [5.41, 5.74) is 0.951. The minimum Gasteiger partial charge on any atom is -0.491 e. The van der Waals surface area contributed by atoms with E-state index in [1.165, 1.54) is 11.0 Å². The average molecular weight is 297 g/mol. The van der Waals surface area contributed by atoms with Crippen LogP contribution in [0, 0.1) is 0 Å². The highest BCUT2D eigenvalue weighted by molar-refractivity contribution is 6.26. The standard InChI is InChI=1S/C17H15NO4/c1-2-8-18-16(20)12-5-3-4-11-14(22-10-9-19)7-6-13(15(11)12)17(18)21/h2-7,19H,1,8-10H2. The quantitative estimate of drug-likeness (QED) is 0.677. The Balaban J connectivity index is 2.22. The highest BCUT2D eigenvalue weighted by Gasteiger charge is 2.32. The Kier molecular flexibility index (Phi) is 3.65. The molecule has 1 aliphatic heterocycles. The second kappa shape index (κ2) is 5.61. The van der Waals surface area contributed by atoms with Crippen molar-refractivity contribution in [1.29, 1.82) is 0 Å². The lowest BCUT2D eigenvalue weighted by Crippen LogP contribution is -2.40. The molecule has 1 N–H and O–H groups in total. The van der Waals surface area contributed by atoms with Crippen LogP contribution < -0.4 is 4.74 Å². The van der Waals surface area contributed by atoms with Crippen LogP contribution in [-0.2, 0) is 0 Å². The van der Waals surface area contributed by atoms with E-state index in [-0.39, 0.29) is 31.6 Å². The summed E-state index contributed by atoms with van der Waals surface area (Å²) in [6.07, 6.45) is 1.53. The lowest BCUT2D eigenvalue weighted by Gasteiger charge is -2.26. The third-order valence-corrected chi connectivity index (χ3v) is 3.61. The maximum Gasteiger partial charge on any atom is 0.261 e. The number of ether oxygens (including phenoxy) is 1. The summed E-state index contributed by atoms with van der Waals surface area (Å²) >= 11 is 0. The van der Waals surface area contributed by atoms with Crippen molar-refractivity contribution in [2.45, 2.75) is 0 Å². The van der Waals surface area contributed by atoms with E-state index >= 15 is 0 Å². The summed E-state index contributed by atoms with van der Waals surface area (Å²) in [6, 6.07) is 8.61. The van der Waals surface area contributed by atoms with E-state index in [9.17, 15) is 9.59 Å². The Hall–Kier alpha value is -2.66. The predicted octanol–water partition coefficient (Wildman–Crippen LogP) is 1.99. The molecule has 1 heterocycles. The van der Waals surface area contributed by atoms with Gasteiger partial charge in [-0.25, -0.2) is 0 Å². The summed E-state index contributed by atoms with van der Waals surface area (Å²) < 4.78 is 5.49. The maximum absolute atomic E-state index is 12.5. The van der Waals surface area contributed by atoms with Crippen LogP contribution in [0.2, 0.25) is 0 Å². The Morgan fingerprint density at radius 2 is 1.86 bits per heavy atom. The molecule has 5 nitrogen and oxygen atoms in total. The van der Waals surface area contributed by atoms with Crippen LogP contribution in [0.1, 0.15) is 20.7 Å². The number of hydrogen-bond acceptors (Lipinski definition) is 4. The number of amides is 2. The van der Waals surface area contributed by atoms with Gasteiger partial charge in [-0.2, -0.15) is 0 Å². The zero-order chi connectivity index (χ0) is 15.7. The van der Waals surface area contributed by atoms with Crippen LogP contribution in [0.4, 0.5) is 0 Å². The van der Waals surface area contributed by atoms with Crippen LogP contribution in [0.25, 0.3) is 10.8 Å². The fourth-order valence-corrected chi connectivity index (χ4v) is 2.70. The molecule has 0 spiro atoms. The third kappa shape index (κ3) is 2.07. The van der Waals surface area contributed by atoms with Gasteiger partial charge in [-0.15, -0.1) is 6.58 Å². The van der Waals surface area contributed by atoms with Gasteiger partial charge in [-0.05, 0) is 18.2 Å². The second-order valence-corrected chi connectivity index (χ2v) is 4.92. The number of carbonyl (C=O) groups is 2. The number of imide groups is 1. The third-order valence-electron chi connectivity index (χ3n) is 3.61. The number of aliphatic hydroxyl groups excluding tert-OH is 1. The van der Waals surface area contributed by atoms with Crippen molar-refractivity contribution in [1.82, 2.24) is 4.90 Å². The predicted molar refractivity (Wildman–Crippen MR) is 82.1 cm³/mol. The van der Waals surface area contributed by atoms with Crippen molar-refractivity contribution in [2.24, 2.45) is 0 Å². The largest absolute Gasteiger partial charge is 0.491 e. The van der Waals surface area contributed by atoms with E-state index < -0.39 is 0 Å². The van der Waals surface area contributed by atoms with Gasteiger partial charge in [-0.3, -0.25) is 14.5 Å². The average Bonchev–Trinajstić information content (AvgIpc) is 2.54. The number of aliphatic hydroxyl groups is 1. The van der Waals surface area contributed by atoms with E-state index in [1.54, 1.807) is 30.3 Å². The summed E-state index contributed by atoms with van der Waals surface area (Å²) in [6.45, 7) is 3.82. The molecule has 5 heteroatoms. The normalized spacial score (nSPS) is 13.6. The van der Waals surface area contributed by atoms with Gasteiger partial charge < -0.3 is 9.84 Å². The van der Waals surface area contributed by atoms with Gasteiger partial charge in [0.05, 0.1) is 6.61 Å². The highest BCUT2D eigenvalue weighted by atomic mass is 16.5. The molecule has 2 aromatic carbocycles. The van der Waals surface area contributed by atoms with Crippen molar-refractivity contribution >= 4 is 22.6 Å². The summed E-state index contributed by atoms with van der Waals surface area (Å²) in [5, 5.41) is 10.2. The first-order chi connectivity index (χ1) is 10.7. The minimum atomic E-state index is -0.331. The number of hydrogen-bond donors (Lipinski definition) is 1. The van der Waals surface area contributed by atoms with E-state index in [0.717, 1.165) is 0 Å². The summed E-state index contributed by atoms with van der Waals surface area (Å²) in [5.74, 6) is -0.114. The fraction of sp³-hybridized carbons (Fsp3) is 0.176. The first-order valence-electron chi connectivity index (χ1n) is 6.95. The molecular weight excluding hydrogens is 282 g/mol. The first kappa shape index (κ1) is 14.3. The van der Waals surface area contributed by atoms with Crippen LogP contribution in [0.5, 0.6) is 5.75 Å². The van der Waals surface area contributed by atoms with E-state index in [2.05, 4.69) is 6.58 Å². The fourth-order valence-electron chi connectivity index (χ4n) is 2.70. The molecule has 2 amide bonds. The van der Waals surface area contributed by atoms with E-state index in [1.807, 2.05) is 0 Å². The Morgan fingerprint density at radius 3 is 2.55 bits per heavy atom. The lowest BCUT2D eigenvalue weighted by atomic mass is 9.93. The molecule has 0 unspecified atom stereocenters. The molecule has 0 bridgehead atoms. The smallest absolute Gasteiger partial charge is 0.261 e. The Morgan fingerprint density at radius 1 is 1.14 bits per heavy atom. The van der Waals surface area contributed by atoms with Gasteiger partial charge >= 0.3 is 0 Å². The molecule has 0 radical (unpaired) electrons. The molecule has 0 saturated heterocycles. The molecule has 0 fully saturated rings. The molecule has 1 aliphatic rings. The maximum atomic E-state index is 12.5. The zero-order valence-electron chi connectivity index (χ0n) is 11.9. The lowest BCUT2D eigenvalue weighted by molar-refractivity contribution is 0.0629. The number of rotatable bonds is 5. The minimum absolute atomic E-state index is 0.103. The van der Waals surface area contributed by atoms with Crippen LogP contribution >= 0.6 is 0 Å². The molecule has 112 valence electrons. The SMILES string of the molecule is C=CCN1C(=O)c2cccc3c(OCCO)ccc(c23)C1=O. The van der Waals surface area contributed by atoms with Crippen molar-refractivity contribution in [3.05, 3.63) is 54.1 Å². The monoisotopic (exact) mass is 297 g/mol. The Bertz CT molecular complexity index is 759.